The average molecular weight is 275 g/mol. The molecule has 0 aliphatic heterocycles. The van der Waals surface area contributed by atoms with Crippen LogP contribution in [0.4, 0.5) is 5.69 Å². The van der Waals surface area contributed by atoms with Gasteiger partial charge in [-0.05, 0) is 38.3 Å². The SMILES string of the molecule is CC(C)(CCc1ccccc1)Nc1ccncc1Cl. The van der Waals surface area contributed by atoms with Crippen LogP contribution < -0.4 is 5.32 Å². The van der Waals surface area contributed by atoms with Gasteiger partial charge in [0.15, 0.2) is 0 Å². The second-order valence-corrected chi connectivity index (χ2v) is 5.76. The lowest BCUT2D eigenvalue weighted by molar-refractivity contribution is 0.518. The number of nitrogens with zero attached hydrogens (tertiary/aromatic N) is 1. The summed E-state index contributed by atoms with van der Waals surface area (Å²) in [6.45, 7) is 4.37. The van der Waals surface area contributed by atoms with E-state index in [0.29, 0.717) is 5.02 Å². The Hall–Kier alpha value is -1.54. The third-order valence-corrected chi connectivity index (χ3v) is 3.43. The first-order valence-electron chi connectivity index (χ1n) is 6.48. The molecule has 0 radical (unpaired) electrons. The molecular formula is C16H19ClN2. The molecule has 0 spiro atoms. The van der Waals surface area contributed by atoms with Gasteiger partial charge < -0.3 is 5.32 Å². The highest BCUT2D eigenvalue weighted by Gasteiger charge is 2.18. The van der Waals surface area contributed by atoms with Crippen molar-refractivity contribution < 1.29 is 0 Å². The lowest BCUT2D eigenvalue weighted by Gasteiger charge is -2.28. The number of nitrogens with one attached hydrogen (secondary N) is 1. The van der Waals surface area contributed by atoms with Crippen LogP contribution in [0.25, 0.3) is 0 Å². The molecule has 1 heterocycles. The van der Waals surface area contributed by atoms with Crippen molar-refractivity contribution in [2.75, 3.05) is 5.32 Å². The van der Waals surface area contributed by atoms with Crippen molar-refractivity contribution in [1.82, 2.24) is 4.98 Å². The minimum atomic E-state index is -0.0131. The smallest absolute Gasteiger partial charge is 0.0820 e. The van der Waals surface area contributed by atoms with Gasteiger partial charge in [-0.1, -0.05) is 41.9 Å². The van der Waals surface area contributed by atoms with E-state index in [1.54, 1.807) is 12.4 Å². The molecule has 0 fully saturated rings. The minimum absolute atomic E-state index is 0.0131. The van der Waals surface area contributed by atoms with Crippen molar-refractivity contribution in [3.05, 3.63) is 59.4 Å². The average Bonchev–Trinajstić information content (AvgIpc) is 2.40. The van der Waals surface area contributed by atoms with Gasteiger partial charge in [-0.2, -0.15) is 0 Å². The molecule has 0 aliphatic carbocycles. The number of benzene rings is 1. The van der Waals surface area contributed by atoms with Gasteiger partial charge in [-0.15, -0.1) is 0 Å². The molecule has 2 rings (SSSR count). The molecule has 0 aliphatic rings. The highest BCUT2D eigenvalue weighted by atomic mass is 35.5. The molecule has 0 unspecified atom stereocenters. The largest absolute Gasteiger partial charge is 0.379 e. The molecule has 0 bridgehead atoms. The van der Waals surface area contributed by atoms with E-state index in [1.165, 1.54) is 5.56 Å². The van der Waals surface area contributed by atoms with Crippen molar-refractivity contribution in [2.24, 2.45) is 0 Å². The zero-order valence-electron chi connectivity index (χ0n) is 11.4. The summed E-state index contributed by atoms with van der Waals surface area (Å²) in [6.07, 6.45) is 5.50. The molecule has 0 amide bonds. The van der Waals surface area contributed by atoms with E-state index in [1.807, 2.05) is 12.1 Å². The van der Waals surface area contributed by atoms with Gasteiger partial charge in [0.1, 0.15) is 0 Å². The molecule has 1 aromatic heterocycles. The topological polar surface area (TPSA) is 24.9 Å². The first-order chi connectivity index (χ1) is 9.07. The summed E-state index contributed by atoms with van der Waals surface area (Å²) in [7, 11) is 0. The maximum absolute atomic E-state index is 6.12. The summed E-state index contributed by atoms with van der Waals surface area (Å²) in [5.41, 5.74) is 2.29. The summed E-state index contributed by atoms with van der Waals surface area (Å²) < 4.78 is 0. The summed E-state index contributed by atoms with van der Waals surface area (Å²) >= 11 is 6.12. The van der Waals surface area contributed by atoms with Gasteiger partial charge in [-0.3, -0.25) is 4.98 Å². The number of hydrogen-bond donors (Lipinski definition) is 1. The van der Waals surface area contributed by atoms with E-state index < -0.39 is 0 Å². The summed E-state index contributed by atoms with van der Waals surface area (Å²) in [4.78, 5) is 4.00. The first-order valence-corrected chi connectivity index (χ1v) is 6.86. The monoisotopic (exact) mass is 274 g/mol. The van der Waals surface area contributed by atoms with Crippen LogP contribution in [0.3, 0.4) is 0 Å². The molecule has 1 aromatic carbocycles. The van der Waals surface area contributed by atoms with Gasteiger partial charge >= 0.3 is 0 Å². The molecule has 1 N–H and O–H groups in total. The highest BCUT2D eigenvalue weighted by molar-refractivity contribution is 6.33. The number of pyridine rings is 1. The van der Waals surface area contributed by atoms with Gasteiger partial charge in [0, 0.05) is 17.9 Å². The van der Waals surface area contributed by atoms with Gasteiger partial charge in [0.2, 0.25) is 0 Å². The van der Waals surface area contributed by atoms with Crippen molar-refractivity contribution in [2.45, 2.75) is 32.2 Å². The van der Waals surface area contributed by atoms with E-state index in [2.05, 4.69) is 48.4 Å². The number of hydrogen-bond acceptors (Lipinski definition) is 2. The molecule has 0 atom stereocenters. The normalized spacial score (nSPS) is 11.3. The quantitative estimate of drug-likeness (QED) is 0.865. The van der Waals surface area contributed by atoms with E-state index in [4.69, 9.17) is 11.6 Å². The maximum Gasteiger partial charge on any atom is 0.0820 e. The van der Waals surface area contributed by atoms with E-state index >= 15 is 0 Å². The van der Waals surface area contributed by atoms with E-state index in [0.717, 1.165) is 18.5 Å². The third-order valence-electron chi connectivity index (χ3n) is 3.13. The highest BCUT2D eigenvalue weighted by Crippen LogP contribution is 2.25. The lowest BCUT2D eigenvalue weighted by atomic mass is 9.95. The fraction of sp³-hybridized carbons (Fsp3) is 0.312. The Kier molecular flexibility index (Phi) is 4.43. The number of rotatable bonds is 5. The summed E-state index contributed by atoms with van der Waals surface area (Å²) in [5.74, 6) is 0. The van der Waals surface area contributed by atoms with Crippen LogP contribution in [0.5, 0.6) is 0 Å². The second-order valence-electron chi connectivity index (χ2n) is 5.35. The minimum Gasteiger partial charge on any atom is -0.379 e. The zero-order valence-corrected chi connectivity index (χ0v) is 12.1. The molecule has 100 valence electrons. The van der Waals surface area contributed by atoms with Crippen LogP contribution in [-0.4, -0.2) is 10.5 Å². The van der Waals surface area contributed by atoms with Crippen LogP contribution in [0.2, 0.25) is 5.02 Å². The van der Waals surface area contributed by atoms with E-state index in [9.17, 15) is 0 Å². The predicted molar refractivity (Wildman–Crippen MR) is 81.7 cm³/mol. The Balaban J connectivity index is 1.97. The molecular weight excluding hydrogens is 256 g/mol. The van der Waals surface area contributed by atoms with Crippen LogP contribution >= 0.6 is 11.6 Å². The zero-order chi connectivity index (χ0) is 13.7. The molecule has 2 nitrogen and oxygen atoms in total. The lowest BCUT2D eigenvalue weighted by Crippen LogP contribution is -2.31. The number of halogens is 1. The molecule has 19 heavy (non-hydrogen) atoms. The van der Waals surface area contributed by atoms with Crippen molar-refractivity contribution >= 4 is 17.3 Å². The molecule has 0 saturated carbocycles. The van der Waals surface area contributed by atoms with Crippen LogP contribution in [-0.2, 0) is 6.42 Å². The summed E-state index contributed by atoms with van der Waals surface area (Å²) in [5, 5.41) is 4.15. The Morgan fingerprint density at radius 3 is 2.58 bits per heavy atom. The summed E-state index contributed by atoms with van der Waals surface area (Å²) in [6, 6.07) is 12.4. The van der Waals surface area contributed by atoms with Gasteiger partial charge in [0.25, 0.3) is 0 Å². The van der Waals surface area contributed by atoms with Crippen LogP contribution in [0.1, 0.15) is 25.8 Å². The number of aromatic nitrogens is 1. The fourth-order valence-electron chi connectivity index (χ4n) is 2.01. The number of anilines is 1. The Morgan fingerprint density at radius 2 is 1.89 bits per heavy atom. The Morgan fingerprint density at radius 1 is 1.16 bits per heavy atom. The van der Waals surface area contributed by atoms with Crippen LogP contribution in [0.15, 0.2) is 48.8 Å². The molecule has 3 heteroatoms. The Labute approximate surface area is 119 Å². The second kappa shape index (κ2) is 6.07. The predicted octanol–water partition coefficient (Wildman–Crippen LogP) is 4.56. The van der Waals surface area contributed by atoms with E-state index in [-0.39, 0.29) is 5.54 Å². The van der Waals surface area contributed by atoms with Gasteiger partial charge in [0.05, 0.1) is 10.7 Å². The van der Waals surface area contributed by atoms with Crippen molar-refractivity contribution in [3.63, 3.8) is 0 Å². The van der Waals surface area contributed by atoms with Crippen molar-refractivity contribution in [1.29, 1.82) is 0 Å². The third kappa shape index (κ3) is 4.25. The standard InChI is InChI=1S/C16H19ClN2/c1-16(2,10-8-13-6-4-3-5-7-13)19-15-9-11-18-12-14(15)17/h3-7,9,11-12H,8,10H2,1-2H3,(H,18,19). The van der Waals surface area contributed by atoms with Crippen molar-refractivity contribution in [3.8, 4) is 0 Å². The Bertz CT molecular complexity index is 523. The number of aryl methyl sites for hydroxylation is 1. The maximum atomic E-state index is 6.12. The van der Waals surface area contributed by atoms with Crippen LogP contribution in [0, 0.1) is 0 Å². The fourth-order valence-corrected chi connectivity index (χ4v) is 2.17. The van der Waals surface area contributed by atoms with Gasteiger partial charge in [-0.25, -0.2) is 0 Å². The molecule has 2 aromatic rings. The first kappa shape index (κ1) is 13.9. The molecule has 0 saturated heterocycles.